The van der Waals surface area contributed by atoms with Crippen molar-refractivity contribution in [3.63, 3.8) is 0 Å². The van der Waals surface area contributed by atoms with Gasteiger partial charge >= 0.3 is 0 Å². The quantitative estimate of drug-likeness (QED) is 0.311. The Morgan fingerprint density at radius 2 is 1.74 bits per heavy atom. The molecule has 4 rings (SSSR count). The van der Waals surface area contributed by atoms with E-state index >= 15 is 0 Å². The molecule has 0 spiro atoms. The second kappa shape index (κ2) is 11.3. The summed E-state index contributed by atoms with van der Waals surface area (Å²) in [6, 6.07) is 12.1. The van der Waals surface area contributed by atoms with Gasteiger partial charge < -0.3 is 14.5 Å². The molecule has 9 heteroatoms. The van der Waals surface area contributed by atoms with Gasteiger partial charge in [-0.05, 0) is 85.9 Å². The lowest BCUT2D eigenvalue weighted by molar-refractivity contribution is 0.225. The van der Waals surface area contributed by atoms with E-state index in [1.54, 1.807) is 14.2 Å². The Morgan fingerprint density at radius 3 is 2.45 bits per heavy atom. The van der Waals surface area contributed by atoms with Crippen LogP contribution < -0.4 is 15.0 Å². The summed E-state index contributed by atoms with van der Waals surface area (Å²) in [6.07, 6.45) is 1.64. The molecule has 0 bridgehead atoms. The van der Waals surface area contributed by atoms with E-state index in [0.29, 0.717) is 36.7 Å². The zero-order valence-corrected chi connectivity index (χ0v) is 23.5. The fourth-order valence-electron chi connectivity index (χ4n) is 4.64. The van der Waals surface area contributed by atoms with Crippen LogP contribution in [0.4, 0.5) is 0 Å². The number of aromatic nitrogens is 5. The lowest BCUT2D eigenvalue weighted by atomic mass is 10.0. The Morgan fingerprint density at radius 1 is 1.00 bits per heavy atom. The molecule has 38 heavy (non-hydrogen) atoms. The van der Waals surface area contributed by atoms with Crippen molar-refractivity contribution in [3.05, 3.63) is 74.8 Å². The Bertz CT molecular complexity index is 1470. The van der Waals surface area contributed by atoms with Crippen LogP contribution in [0.1, 0.15) is 55.3 Å². The average Bonchev–Trinajstić information content (AvgIpc) is 3.39. The van der Waals surface area contributed by atoms with Crippen molar-refractivity contribution in [2.75, 3.05) is 20.8 Å². The highest BCUT2D eigenvalue weighted by molar-refractivity contribution is 5.85. The van der Waals surface area contributed by atoms with Gasteiger partial charge in [0.25, 0.3) is 5.56 Å². The van der Waals surface area contributed by atoms with Crippen LogP contribution in [-0.2, 0) is 25.0 Å². The Labute approximate surface area is 223 Å². The molecule has 0 unspecified atom stereocenters. The SMILES string of the molecule is CCC(C)(C)n1nnnc1CN(CCc1ccc(OC)c(OC)c1)Cc1cc2c(C)ccc(C)c2[nH]c1=O. The minimum absolute atomic E-state index is 0.0733. The molecule has 0 aliphatic heterocycles. The monoisotopic (exact) mass is 518 g/mol. The third-order valence-corrected chi connectivity index (χ3v) is 7.42. The molecule has 1 N–H and O–H groups in total. The third kappa shape index (κ3) is 5.72. The van der Waals surface area contributed by atoms with Crippen molar-refractivity contribution in [3.8, 4) is 11.5 Å². The van der Waals surface area contributed by atoms with Gasteiger partial charge in [0.05, 0.1) is 31.8 Å². The highest BCUT2D eigenvalue weighted by atomic mass is 16.5. The number of hydrogen-bond acceptors (Lipinski definition) is 7. The highest BCUT2D eigenvalue weighted by Crippen LogP contribution is 2.28. The van der Waals surface area contributed by atoms with Crippen LogP contribution in [0.3, 0.4) is 0 Å². The molecule has 0 aliphatic rings. The lowest BCUT2D eigenvalue weighted by Gasteiger charge is -2.27. The first kappa shape index (κ1) is 27.3. The number of nitrogens with one attached hydrogen (secondary N) is 1. The Balaban J connectivity index is 1.67. The smallest absolute Gasteiger partial charge is 0.252 e. The molecule has 0 atom stereocenters. The summed E-state index contributed by atoms with van der Waals surface area (Å²) in [5.74, 6) is 2.16. The van der Waals surface area contributed by atoms with Crippen LogP contribution in [-0.4, -0.2) is 50.9 Å². The van der Waals surface area contributed by atoms with Crippen LogP contribution in [0.2, 0.25) is 0 Å². The number of rotatable bonds is 11. The molecule has 0 aliphatic carbocycles. The van der Waals surface area contributed by atoms with Crippen molar-refractivity contribution in [1.29, 1.82) is 0 Å². The number of methoxy groups -OCH3 is 2. The van der Waals surface area contributed by atoms with Gasteiger partial charge in [-0.1, -0.05) is 25.1 Å². The van der Waals surface area contributed by atoms with Crippen molar-refractivity contribution in [2.45, 2.75) is 66.1 Å². The zero-order valence-electron chi connectivity index (χ0n) is 23.5. The van der Waals surface area contributed by atoms with Crippen molar-refractivity contribution in [2.24, 2.45) is 0 Å². The molecule has 2 heterocycles. The predicted octanol–water partition coefficient (Wildman–Crippen LogP) is 4.54. The molecule has 2 aromatic heterocycles. The number of aryl methyl sites for hydroxylation is 2. The number of nitrogens with zero attached hydrogens (tertiary/aromatic N) is 5. The average molecular weight is 519 g/mol. The van der Waals surface area contributed by atoms with Crippen molar-refractivity contribution >= 4 is 10.9 Å². The van der Waals surface area contributed by atoms with E-state index in [2.05, 4.69) is 59.2 Å². The normalized spacial score (nSPS) is 11.9. The van der Waals surface area contributed by atoms with Gasteiger partial charge in [0.1, 0.15) is 0 Å². The second-order valence-electron chi connectivity index (χ2n) is 10.4. The van der Waals surface area contributed by atoms with E-state index in [0.717, 1.165) is 46.3 Å². The van der Waals surface area contributed by atoms with E-state index in [1.165, 1.54) is 0 Å². The molecular formula is C29H38N6O3. The molecule has 0 radical (unpaired) electrons. The first-order valence-corrected chi connectivity index (χ1v) is 13.0. The van der Waals surface area contributed by atoms with E-state index in [4.69, 9.17) is 9.47 Å². The summed E-state index contributed by atoms with van der Waals surface area (Å²) < 4.78 is 12.8. The minimum atomic E-state index is -0.219. The summed E-state index contributed by atoms with van der Waals surface area (Å²) in [5.41, 5.74) is 4.62. The maximum absolute atomic E-state index is 13.2. The number of ether oxygens (including phenoxy) is 2. The molecular weight excluding hydrogens is 480 g/mol. The van der Waals surface area contributed by atoms with Gasteiger partial charge in [0, 0.05) is 24.0 Å². The van der Waals surface area contributed by atoms with Gasteiger partial charge in [-0.2, -0.15) is 0 Å². The zero-order chi connectivity index (χ0) is 27.4. The van der Waals surface area contributed by atoms with Crippen LogP contribution in [0.15, 0.2) is 41.2 Å². The fraction of sp³-hybridized carbons (Fsp3) is 0.448. The van der Waals surface area contributed by atoms with Gasteiger partial charge in [-0.25, -0.2) is 4.68 Å². The van der Waals surface area contributed by atoms with E-state index in [1.807, 2.05) is 41.9 Å². The first-order valence-electron chi connectivity index (χ1n) is 13.0. The molecule has 202 valence electrons. The molecule has 9 nitrogen and oxygen atoms in total. The standard InChI is InChI=1S/C29H38N6O3/c1-8-29(4,5)35-26(31-32-33-35)18-34(14-13-21-11-12-24(37-6)25(15-21)38-7)17-22-16-23-19(2)9-10-20(3)27(23)30-28(22)36/h9-12,15-16H,8,13-14,17-18H2,1-7H3,(H,30,36). The molecule has 0 saturated heterocycles. The minimum Gasteiger partial charge on any atom is -0.493 e. The summed E-state index contributed by atoms with van der Waals surface area (Å²) in [5, 5.41) is 13.7. The van der Waals surface area contributed by atoms with E-state index < -0.39 is 0 Å². The number of hydrogen-bond donors (Lipinski definition) is 1. The van der Waals surface area contributed by atoms with E-state index in [-0.39, 0.29) is 11.1 Å². The third-order valence-electron chi connectivity index (χ3n) is 7.42. The number of aromatic amines is 1. The topological polar surface area (TPSA) is 98.2 Å². The van der Waals surface area contributed by atoms with Crippen LogP contribution in [0, 0.1) is 13.8 Å². The maximum atomic E-state index is 13.2. The highest BCUT2D eigenvalue weighted by Gasteiger charge is 2.25. The van der Waals surface area contributed by atoms with Crippen LogP contribution in [0.25, 0.3) is 10.9 Å². The number of H-pyrrole nitrogens is 1. The summed E-state index contributed by atoms with van der Waals surface area (Å²) in [7, 11) is 3.27. The van der Waals surface area contributed by atoms with Gasteiger partial charge in [-0.15, -0.1) is 5.10 Å². The number of benzene rings is 2. The Hall–Kier alpha value is -3.72. The van der Waals surface area contributed by atoms with Crippen LogP contribution in [0.5, 0.6) is 11.5 Å². The van der Waals surface area contributed by atoms with Gasteiger partial charge in [-0.3, -0.25) is 9.69 Å². The molecule has 2 aromatic carbocycles. The van der Waals surface area contributed by atoms with Gasteiger partial charge in [0.2, 0.25) is 0 Å². The van der Waals surface area contributed by atoms with Crippen molar-refractivity contribution < 1.29 is 9.47 Å². The van der Waals surface area contributed by atoms with Crippen molar-refractivity contribution in [1.82, 2.24) is 30.1 Å². The number of tetrazole rings is 1. The van der Waals surface area contributed by atoms with Crippen LogP contribution >= 0.6 is 0 Å². The Kier molecular flexibility index (Phi) is 8.16. The fourth-order valence-corrected chi connectivity index (χ4v) is 4.64. The predicted molar refractivity (Wildman–Crippen MR) is 149 cm³/mol. The first-order chi connectivity index (χ1) is 18.2. The molecule has 0 fully saturated rings. The van der Waals surface area contributed by atoms with Gasteiger partial charge in [0.15, 0.2) is 17.3 Å². The molecule has 0 saturated carbocycles. The largest absolute Gasteiger partial charge is 0.493 e. The maximum Gasteiger partial charge on any atom is 0.252 e. The number of pyridine rings is 1. The number of fused-ring (bicyclic) bond motifs is 1. The molecule has 0 amide bonds. The summed E-state index contributed by atoms with van der Waals surface area (Å²) in [4.78, 5) is 18.5. The summed E-state index contributed by atoms with van der Waals surface area (Å²) in [6.45, 7) is 12.1. The lowest BCUT2D eigenvalue weighted by Crippen LogP contribution is -2.34. The molecule has 4 aromatic rings. The summed E-state index contributed by atoms with van der Waals surface area (Å²) >= 11 is 0. The second-order valence-corrected chi connectivity index (χ2v) is 10.4. The van der Waals surface area contributed by atoms with E-state index in [9.17, 15) is 4.79 Å².